The average Bonchev–Trinajstić information content (AvgIpc) is 2.39. The maximum atomic E-state index is 13.9. The summed E-state index contributed by atoms with van der Waals surface area (Å²) >= 11 is 9.56. The van der Waals surface area contributed by atoms with Crippen molar-refractivity contribution < 1.29 is 4.39 Å². The van der Waals surface area contributed by atoms with Crippen LogP contribution < -0.4 is 5.32 Å². The fourth-order valence-corrected chi connectivity index (χ4v) is 2.89. The van der Waals surface area contributed by atoms with Gasteiger partial charge >= 0.3 is 0 Å². The van der Waals surface area contributed by atoms with Crippen molar-refractivity contribution in [3.05, 3.63) is 68.4 Å². The Morgan fingerprint density at radius 2 is 2.00 bits per heavy atom. The van der Waals surface area contributed by atoms with Crippen LogP contribution in [0, 0.1) is 12.7 Å². The van der Waals surface area contributed by atoms with Crippen LogP contribution in [-0.4, -0.2) is 7.05 Å². The zero-order valence-electron chi connectivity index (χ0n) is 11.4. The van der Waals surface area contributed by atoms with E-state index in [2.05, 4.69) is 21.2 Å². The van der Waals surface area contributed by atoms with Crippen LogP contribution in [-0.2, 0) is 6.42 Å². The van der Waals surface area contributed by atoms with Gasteiger partial charge in [-0.3, -0.25) is 0 Å². The van der Waals surface area contributed by atoms with Crippen molar-refractivity contribution in [2.45, 2.75) is 19.4 Å². The van der Waals surface area contributed by atoms with E-state index in [1.54, 1.807) is 6.07 Å². The topological polar surface area (TPSA) is 12.0 Å². The largest absolute Gasteiger partial charge is 0.313 e. The molecule has 2 aromatic carbocycles. The first kappa shape index (κ1) is 15.5. The summed E-state index contributed by atoms with van der Waals surface area (Å²) in [6, 6.07) is 11.1. The van der Waals surface area contributed by atoms with E-state index in [0.717, 1.165) is 15.6 Å². The molecule has 0 aliphatic heterocycles. The Bertz CT molecular complexity index is 615. The summed E-state index contributed by atoms with van der Waals surface area (Å²) in [5.74, 6) is -0.206. The average molecular weight is 357 g/mol. The molecule has 0 aromatic heterocycles. The van der Waals surface area contributed by atoms with Crippen molar-refractivity contribution in [1.82, 2.24) is 5.32 Å². The van der Waals surface area contributed by atoms with Gasteiger partial charge in [0.15, 0.2) is 0 Å². The quantitative estimate of drug-likeness (QED) is 0.808. The van der Waals surface area contributed by atoms with Crippen LogP contribution in [0.2, 0.25) is 5.02 Å². The number of benzene rings is 2. The molecule has 2 aromatic rings. The minimum atomic E-state index is -0.206. The summed E-state index contributed by atoms with van der Waals surface area (Å²) in [5.41, 5.74) is 2.77. The van der Waals surface area contributed by atoms with Crippen molar-refractivity contribution in [1.29, 1.82) is 0 Å². The van der Waals surface area contributed by atoms with Gasteiger partial charge in [0.25, 0.3) is 0 Å². The molecule has 0 amide bonds. The van der Waals surface area contributed by atoms with Crippen molar-refractivity contribution in [2.24, 2.45) is 0 Å². The highest BCUT2D eigenvalue weighted by molar-refractivity contribution is 9.10. The molecule has 1 N–H and O–H groups in total. The molecule has 0 radical (unpaired) electrons. The summed E-state index contributed by atoms with van der Waals surface area (Å²) in [6.45, 7) is 2.00. The number of aryl methyl sites for hydroxylation is 1. The van der Waals surface area contributed by atoms with E-state index in [-0.39, 0.29) is 11.9 Å². The molecule has 0 fully saturated rings. The normalized spacial score (nSPS) is 12.4. The summed E-state index contributed by atoms with van der Waals surface area (Å²) in [4.78, 5) is 0. The lowest BCUT2D eigenvalue weighted by atomic mass is 9.98. The lowest BCUT2D eigenvalue weighted by Gasteiger charge is -2.19. The van der Waals surface area contributed by atoms with Crippen LogP contribution in [0.25, 0.3) is 0 Å². The maximum Gasteiger partial charge on any atom is 0.127 e. The lowest BCUT2D eigenvalue weighted by Crippen LogP contribution is -2.19. The van der Waals surface area contributed by atoms with Crippen LogP contribution in [0.3, 0.4) is 0 Å². The first-order valence-electron chi connectivity index (χ1n) is 6.38. The molecule has 0 aliphatic rings. The molecule has 0 heterocycles. The summed E-state index contributed by atoms with van der Waals surface area (Å²) in [5, 5.41) is 3.92. The minimum absolute atomic E-state index is 0.0150. The van der Waals surface area contributed by atoms with Crippen molar-refractivity contribution >= 4 is 27.5 Å². The number of nitrogens with one attached hydrogen (secondary N) is 1. The van der Waals surface area contributed by atoms with Crippen LogP contribution in [0.4, 0.5) is 4.39 Å². The van der Waals surface area contributed by atoms with Gasteiger partial charge in [0.2, 0.25) is 0 Å². The molecule has 1 unspecified atom stereocenters. The Morgan fingerprint density at radius 3 is 2.60 bits per heavy atom. The fourth-order valence-electron chi connectivity index (χ4n) is 2.19. The molecule has 1 atom stereocenters. The molecule has 0 aliphatic carbocycles. The van der Waals surface area contributed by atoms with Crippen LogP contribution in [0.5, 0.6) is 0 Å². The molecule has 0 saturated carbocycles. The van der Waals surface area contributed by atoms with E-state index < -0.39 is 0 Å². The van der Waals surface area contributed by atoms with Crippen molar-refractivity contribution in [3.63, 3.8) is 0 Å². The molecule has 0 spiro atoms. The predicted octanol–water partition coefficient (Wildman–Crippen LogP) is 5.05. The molecule has 2 rings (SSSR count). The summed E-state index contributed by atoms with van der Waals surface area (Å²) in [6.07, 6.45) is 0.554. The molecule has 20 heavy (non-hydrogen) atoms. The SMILES string of the molecule is CNC(Cc1ccc(Br)cc1F)c1ccc(C)cc1Cl. The second-order valence-electron chi connectivity index (χ2n) is 4.81. The molecule has 1 nitrogen and oxygen atoms in total. The summed E-state index contributed by atoms with van der Waals surface area (Å²) < 4.78 is 14.7. The Labute approximate surface area is 132 Å². The zero-order valence-corrected chi connectivity index (χ0v) is 13.7. The van der Waals surface area contributed by atoms with E-state index >= 15 is 0 Å². The van der Waals surface area contributed by atoms with Gasteiger partial charge < -0.3 is 5.32 Å². The van der Waals surface area contributed by atoms with Gasteiger partial charge in [-0.2, -0.15) is 0 Å². The number of hydrogen-bond donors (Lipinski definition) is 1. The monoisotopic (exact) mass is 355 g/mol. The minimum Gasteiger partial charge on any atom is -0.313 e. The summed E-state index contributed by atoms with van der Waals surface area (Å²) in [7, 11) is 1.86. The first-order valence-corrected chi connectivity index (χ1v) is 7.55. The number of halogens is 3. The first-order chi connectivity index (χ1) is 9.51. The van der Waals surface area contributed by atoms with E-state index in [1.807, 2.05) is 38.2 Å². The van der Waals surface area contributed by atoms with Gasteiger partial charge in [0, 0.05) is 15.5 Å². The van der Waals surface area contributed by atoms with Crippen LogP contribution in [0.1, 0.15) is 22.7 Å². The van der Waals surface area contributed by atoms with E-state index in [9.17, 15) is 4.39 Å². The third kappa shape index (κ3) is 3.60. The molecular formula is C16H16BrClFN. The number of rotatable bonds is 4. The Kier molecular flexibility index (Phi) is 5.19. The standard InChI is InChI=1S/C16H16BrClFN/c1-10-3-6-13(14(18)7-10)16(20-2)8-11-4-5-12(17)9-15(11)19/h3-7,9,16,20H,8H2,1-2H3. The Balaban J connectivity index is 2.28. The molecule has 4 heteroatoms. The third-order valence-corrected chi connectivity index (χ3v) is 4.14. The number of likely N-dealkylation sites (N-methyl/N-ethyl adjacent to an activating group) is 1. The predicted molar refractivity (Wildman–Crippen MR) is 85.8 cm³/mol. The molecular weight excluding hydrogens is 341 g/mol. The van der Waals surface area contributed by atoms with E-state index in [0.29, 0.717) is 17.0 Å². The smallest absolute Gasteiger partial charge is 0.127 e. The van der Waals surface area contributed by atoms with Gasteiger partial charge in [0.1, 0.15) is 5.82 Å². The van der Waals surface area contributed by atoms with Gasteiger partial charge in [-0.15, -0.1) is 0 Å². The van der Waals surface area contributed by atoms with Crippen LogP contribution in [0.15, 0.2) is 40.9 Å². The van der Waals surface area contributed by atoms with E-state index in [4.69, 9.17) is 11.6 Å². The molecule has 0 bridgehead atoms. The van der Waals surface area contributed by atoms with Gasteiger partial charge in [0.05, 0.1) is 0 Å². The third-order valence-electron chi connectivity index (χ3n) is 3.32. The van der Waals surface area contributed by atoms with Gasteiger partial charge in [-0.25, -0.2) is 4.39 Å². The second-order valence-corrected chi connectivity index (χ2v) is 6.13. The van der Waals surface area contributed by atoms with E-state index in [1.165, 1.54) is 6.07 Å². The lowest BCUT2D eigenvalue weighted by molar-refractivity contribution is 0.554. The fraction of sp³-hybridized carbons (Fsp3) is 0.250. The Hall–Kier alpha value is -0.900. The van der Waals surface area contributed by atoms with Gasteiger partial charge in [-0.05, 0) is 55.3 Å². The maximum absolute atomic E-state index is 13.9. The highest BCUT2D eigenvalue weighted by Crippen LogP contribution is 2.28. The molecule has 0 saturated heterocycles. The van der Waals surface area contributed by atoms with Gasteiger partial charge in [-0.1, -0.05) is 45.7 Å². The Morgan fingerprint density at radius 1 is 1.25 bits per heavy atom. The second kappa shape index (κ2) is 6.70. The van der Waals surface area contributed by atoms with Crippen molar-refractivity contribution in [2.75, 3.05) is 7.05 Å². The zero-order chi connectivity index (χ0) is 14.7. The highest BCUT2D eigenvalue weighted by Gasteiger charge is 2.15. The molecule has 106 valence electrons. The number of hydrogen-bond acceptors (Lipinski definition) is 1. The highest BCUT2D eigenvalue weighted by atomic mass is 79.9. The van der Waals surface area contributed by atoms with Crippen molar-refractivity contribution in [3.8, 4) is 0 Å². The van der Waals surface area contributed by atoms with Crippen LogP contribution >= 0.6 is 27.5 Å².